The van der Waals surface area contributed by atoms with Crippen molar-refractivity contribution in [3.63, 3.8) is 0 Å². The molecule has 0 saturated carbocycles. The Morgan fingerprint density at radius 3 is 2.94 bits per heavy atom. The van der Waals surface area contributed by atoms with Gasteiger partial charge in [-0.1, -0.05) is 19.4 Å². The molecule has 2 rings (SSSR count). The summed E-state index contributed by atoms with van der Waals surface area (Å²) in [7, 11) is 4.15. The Labute approximate surface area is 104 Å². The Bertz CT molecular complexity index is 362. The molecule has 1 saturated heterocycles. The summed E-state index contributed by atoms with van der Waals surface area (Å²) in [6, 6.07) is 4.85. The second kappa shape index (κ2) is 5.50. The van der Waals surface area contributed by atoms with Gasteiger partial charge >= 0.3 is 0 Å². The Morgan fingerprint density at radius 2 is 2.24 bits per heavy atom. The number of likely N-dealkylation sites (tertiary alicyclic amines) is 1. The van der Waals surface area contributed by atoms with Crippen molar-refractivity contribution in [3.05, 3.63) is 23.9 Å². The largest absolute Gasteiger partial charge is 0.362 e. The molecular weight excluding hydrogens is 210 g/mol. The zero-order valence-corrected chi connectivity index (χ0v) is 11.2. The Morgan fingerprint density at radius 1 is 1.41 bits per heavy atom. The van der Waals surface area contributed by atoms with E-state index in [4.69, 9.17) is 0 Å². The van der Waals surface area contributed by atoms with Crippen molar-refractivity contribution in [2.24, 2.45) is 0 Å². The second-order valence-corrected chi connectivity index (χ2v) is 4.95. The highest BCUT2D eigenvalue weighted by atomic mass is 15.2. The van der Waals surface area contributed by atoms with Crippen LogP contribution in [0.15, 0.2) is 18.3 Å². The van der Waals surface area contributed by atoms with Gasteiger partial charge in [0.2, 0.25) is 0 Å². The van der Waals surface area contributed by atoms with E-state index in [1.165, 1.54) is 31.4 Å². The zero-order valence-electron chi connectivity index (χ0n) is 11.2. The molecule has 1 fully saturated rings. The van der Waals surface area contributed by atoms with Gasteiger partial charge < -0.3 is 4.90 Å². The number of anilines is 1. The number of aromatic nitrogens is 1. The van der Waals surface area contributed by atoms with Gasteiger partial charge in [0.25, 0.3) is 0 Å². The average Bonchev–Trinajstić information content (AvgIpc) is 2.38. The fourth-order valence-corrected chi connectivity index (χ4v) is 2.76. The van der Waals surface area contributed by atoms with Crippen molar-refractivity contribution in [1.82, 2.24) is 9.88 Å². The van der Waals surface area contributed by atoms with Gasteiger partial charge in [0, 0.05) is 31.9 Å². The maximum atomic E-state index is 4.52. The highest BCUT2D eigenvalue weighted by Gasteiger charge is 2.25. The summed E-state index contributed by atoms with van der Waals surface area (Å²) in [6.45, 7) is 4.61. The number of pyridine rings is 1. The van der Waals surface area contributed by atoms with E-state index >= 15 is 0 Å². The molecule has 0 aliphatic carbocycles. The molecule has 94 valence electrons. The topological polar surface area (TPSA) is 19.4 Å². The first-order valence-corrected chi connectivity index (χ1v) is 6.60. The average molecular weight is 233 g/mol. The third-order valence-corrected chi connectivity index (χ3v) is 3.62. The molecule has 0 amide bonds. The van der Waals surface area contributed by atoms with Gasteiger partial charge in [0.15, 0.2) is 0 Å². The first kappa shape index (κ1) is 12.4. The minimum absolute atomic E-state index is 0.555. The summed E-state index contributed by atoms with van der Waals surface area (Å²) in [5.74, 6) is 1.12. The number of piperidine rings is 1. The van der Waals surface area contributed by atoms with E-state index in [0.717, 1.165) is 12.4 Å². The van der Waals surface area contributed by atoms with E-state index in [0.29, 0.717) is 6.04 Å². The molecule has 0 aromatic carbocycles. The molecule has 0 spiro atoms. The molecule has 0 N–H and O–H groups in total. The van der Waals surface area contributed by atoms with Crippen molar-refractivity contribution in [1.29, 1.82) is 0 Å². The van der Waals surface area contributed by atoms with Crippen LogP contribution in [0.25, 0.3) is 0 Å². The molecule has 0 unspecified atom stereocenters. The summed E-state index contributed by atoms with van der Waals surface area (Å²) in [4.78, 5) is 9.22. The number of hydrogen-bond donors (Lipinski definition) is 0. The van der Waals surface area contributed by atoms with Gasteiger partial charge in [-0.3, -0.25) is 4.90 Å². The summed E-state index contributed by atoms with van der Waals surface area (Å²) in [5.41, 5.74) is 1.39. The Kier molecular flexibility index (Phi) is 4.00. The van der Waals surface area contributed by atoms with Crippen molar-refractivity contribution in [3.8, 4) is 0 Å². The van der Waals surface area contributed by atoms with E-state index in [2.05, 4.69) is 47.9 Å². The van der Waals surface area contributed by atoms with Crippen LogP contribution in [-0.4, -0.2) is 37.1 Å². The molecule has 1 atom stereocenters. The predicted molar refractivity (Wildman–Crippen MR) is 72.4 cm³/mol. The first-order valence-electron chi connectivity index (χ1n) is 6.60. The van der Waals surface area contributed by atoms with Crippen molar-refractivity contribution >= 4 is 5.82 Å². The van der Waals surface area contributed by atoms with E-state index in [9.17, 15) is 0 Å². The molecule has 3 heteroatoms. The third kappa shape index (κ3) is 2.60. The molecule has 17 heavy (non-hydrogen) atoms. The maximum Gasteiger partial charge on any atom is 0.132 e. The van der Waals surface area contributed by atoms with Gasteiger partial charge in [-0.25, -0.2) is 4.98 Å². The SMILES string of the molecule is CCN1CCCC[C@H]1c1cccnc1N(C)C. The van der Waals surface area contributed by atoms with E-state index in [-0.39, 0.29) is 0 Å². The number of hydrogen-bond acceptors (Lipinski definition) is 3. The van der Waals surface area contributed by atoms with Crippen LogP contribution in [0.1, 0.15) is 37.8 Å². The summed E-state index contributed by atoms with van der Waals surface area (Å²) in [5, 5.41) is 0. The molecule has 1 aliphatic heterocycles. The molecule has 1 aliphatic rings. The molecule has 0 radical (unpaired) electrons. The van der Waals surface area contributed by atoms with Crippen molar-refractivity contribution in [2.45, 2.75) is 32.2 Å². The van der Waals surface area contributed by atoms with Crippen LogP contribution >= 0.6 is 0 Å². The van der Waals surface area contributed by atoms with Crippen LogP contribution in [0, 0.1) is 0 Å². The Hall–Kier alpha value is -1.09. The monoisotopic (exact) mass is 233 g/mol. The lowest BCUT2D eigenvalue weighted by atomic mass is 9.95. The maximum absolute atomic E-state index is 4.52. The van der Waals surface area contributed by atoms with Crippen LogP contribution in [-0.2, 0) is 0 Å². The highest BCUT2D eigenvalue weighted by molar-refractivity contribution is 5.47. The van der Waals surface area contributed by atoms with Gasteiger partial charge in [-0.05, 0) is 32.0 Å². The lowest BCUT2D eigenvalue weighted by Crippen LogP contribution is -2.34. The summed E-state index contributed by atoms with van der Waals surface area (Å²) in [6.07, 6.45) is 5.82. The lowest BCUT2D eigenvalue weighted by molar-refractivity contribution is 0.157. The van der Waals surface area contributed by atoms with Crippen molar-refractivity contribution < 1.29 is 0 Å². The van der Waals surface area contributed by atoms with Crippen LogP contribution in [0.4, 0.5) is 5.82 Å². The van der Waals surface area contributed by atoms with E-state index in [1.807, 2.05) is 6.20 Å². The van der Waals surface area contributed by atoms with Gasteiger partial charge in [-0.2, -0.15) is 0 Å². The molecule has 1 aromatic rings. The van der Waals surface area contributed by atoms with E-state index < -0.39 is 0 Å². The standard InChI is InChI=1S/C14H23N3/c1-4-17-11-6-5-9-13(17)12-8-7-10-15-14(12)16(2)3/h7-8,10,13H,4-6,9,11H2,1-3H3/t13-/m0/s1. The Balaban J connectivity index is 2.31. The molecule has 0 bridgehead atoms. The predicted octanol–water partition coefficient (Wildman–Crippen LogP) is 2.69. The first-order chi connectivity index (χ1) is 8.24. The van der Waals surface area contributed by atoms with Crippen LogP contribution in [0.2, 0.25) is 0 Å². The van der Waals surface area contributed by atoms with Crippen LogP contribution in [0.5, 0.6) is 0 Å². The summed E-state index contributed by atoms with van der Waals surface area (Å²) < 4.78 is 0. The number of rotatable bonds is 3. The van der Waals surface area contributed by atoms with Crippen LogP contribution < -0.4 is 4.90 Å². The lowest BCUT2D eigenvalue weighted by Gasteiger charge is -2.36. The van der Waals surface area contributed by atoms with Gasteiger partial charge in [0.05, 0.1) is 0 Å². The molecular formula is C14H23N3. The minimum atomic E-state index is 0.555. The third-order valence-electron chi connectivity index (χ3n) is 3.62. The van der Waals surface area contributed by atoms with Crippen molar-refractivity contribution in [2.75, 3.05) is 32.1 Å². The quantitative estimate of drug-likeness (QED) is 0.800. The molecule has 3 nitrogen and oxygen atoms in total. The summed E-state index contributed by atoms with van der Waals surface area (Å²) >= 11 is 0. The fourth-order valence-electron chi connectivity index (χ4n) is 2.76. The normalized spacial score (nSPS) is 21.5. The minimum Gasteiger partial charge on any atom is -0.362 e. The van der Waals surface area contributed by atoms with Crippen LogP contribution in [0.3, 0.4) is 0 Å². The second-order valence-electron chi connectivity index (χ2n) is 4.95. The number of nitrogens with zero attached hydrogens (tertiary/aromatic N) is 3. The van der Waals surface area contributed by atoms with E-state index in [1.54, 1.807) is 0 Å². The smallest absolute Gasteiger partial charge is 0.132 e. The zero-order chi connectivity index (χ0) is 12.3. The fraction of sp³-hybridized carbons (Fsp3) is 0.643. The van der Waals surface area contributed by atoms with Gasteiger partial charge in [-0.15, -0.1) is 0 Å². The molecule has 2 heterocycles. The van der Waals surface area contributed by atoms with Gasteiger partial charge in [0.1, 0.15) is 5.82 Å². The molecule has 1 aromatic heterocycles. The highest BCUT2D eigenvalue weighted by Crippen LogP contribution is 2.34.